The summed E-state index contributed by atoms with van der Waals surface area (Å²) in [6, 6.07) is 5.23. The van der Waals surface area contributed by atoms with Gasteiger partial charge >= 0.3 is 0 Å². The lowest BCUT2D eigenvalue weighted by molar-refractivity contribution is -0.130. The van der Waals surface area contributed by atoms with Crippen molar-refractivity contribution in [1.82, 2.24) is 9.88 Å². The smallest absolute Gasteiger partial charge is 0.222 e. The van der Waals surface area contributed by atoms with Crippen molar-refractivity contribution in [2.45, 2.75) is 38.5 Å². The average molecular weight is 381 g/mol. The number of aryl methyl sites for hydroxylation is 1. The first-order chi connectivity index (χ1) is 12.0. The van der Waals surface area contributed by atoms with Crippen LogP contribution in [0.2, 0.25) is 10.0 Å². The van der Waals surface area contributed by atoms with Crippen LogP contribution in [0.15, 0.2) is 28.8 Å². The summed E-state index contributed by atoms with van der Waals surface area (Å²) >= 11 is 12.1. The molecule has 1 aliphatic carbocycles. The van der Waals surface area contributed by atoms with Crippen LogP contribution in [-0.4, -0.2) is 29.4 Å². The van der Waals surface area contributed by atoms with Gasteiger partial charge in [0.25, 0.3) is 0 Å². The number of amides is 1. The van der Waals surface area contributed by atoms with Gasteiger partial charge in [-0.25, -0.2) is 4.98 Å². The van der Waals surface area contributed by atoms with Gasteiger partial charge in [0, 0.05) is 37.0 Å². The molecule has 1 heterocycles. The number of nitrogens with zero attached hydrogens (tertiary/aromatic N) is 2. The molecule has 134 valence electrons. The van der Waals surface area contributed by atoms with E-state index in [0.29, 0.717) is 40.5 Å². The zero-order chi connectivity index (χ0) is 17.8. The minimum Gasteiger partial charge on any atom is -0.441 e. The quantitative estimate of drug-likeness (QED) is 0.688. The summed E-state index contributed by atoms with van der Waals surface area (Å²) in [4.78, 5) is 18.4. The van der Waals surface area contributed by atoms with Gasteiger partial charge in [0.15, 0.2) is 11.7 Å². The zero-order valence-corrected chi connectivity index (χ0v) is 15.8. The Hall–Kier alpha value is -1.52. The standard InChI is InChI=1S/C19H22Cl2N2O2/c1-23(12-13-4-2-3-5-13)19(24)9-8-18-22-11-17(25-18)15-7-6-14(20)10-16(15)21/h6-7,10-11,13H,2-5,8-9,12H2,1H3. The second-order valence-corrected chi connectivity index (χ2v) is 7.51. The number of hydrogen-bond donors (Lipinski definition) is 0. The highest BCUT2D eigenvalue weighted by molar-refractivity contribution is 6.36. The van der Waals surface area contributed by atoms with Crippen LogP contribution in [0.4, 0.5) is 0 Å². The molecular weight excluding hydrogens is 359 g/mol. The molecule has 0 N–H and O–H groups in total. The number of hydrogen-bond acceptors (Lipinski definition) is 3. The molecule has 1 saturated carbocycles. The molecule has 0 radical (unpaired) electrons. The SMILES string of the molecule is CN(CC1CCCC1)C(=O)CCc1ncc(-c2ccc(Cl)cc2Cl)o1. The van der Waals surface area contributed by atoms with Crippen molar-refractivity contribution in [1.29, 1.82) is 0 Å². The Morgan fingerprint density at radius 2 is 2.08 bits per heavy atom. The van der Waals surface area contributed by atoms with Crippen molar-refractivity contribution in [2.24, 2.45) is 5.92 Å². The molecule has 1 aromatic heterocycles. The number of rotatable bonds is 6. The fourth-order valence-electron chi connectivity index (χ4n) is 3.33. The Balaban J connectivity index is 1.55. The van der Waals surface area contributed by atoms with Gasteiger partial charge in [0.1, 0.15) is 0 Å². The van der Waals surface area contributed by atoms with Gasteiger partial charge in [-0.1, -0.05) is 36.0 Å². The second kappa shape index (κ2) is 8.24. The van der Waals surface area contributed by atoms with Crippen LogP contribution in [0.1, 0.15) is 38.0 Å². The fourth-order valence-corrected chi connectivity index (χ4v) is 3.83. The van der Waals surface area contributed by atoms with Crippen LogP contribution in [0.5, 0.6) is 0 Å². The lowest BCUT2D eigenvalue weighted by atomic mass is 10.1. The van der Waals surface area contributed by atoms with E-state index >= 15 is 0 Å². The molecule has 25 heavy (non-hydrogen) atoms. The first-order valence-electron chi connectivity index (χ1n) is 8.67. The van der Waals surface area contributed by atoms with Gasteiger partial charge < -0.3 is 9.32 Å². The van der Waals surface area contributed by atoms with Crippen LogP contribution in [-0.2, 0) is 11.2 Å². The summed E-state index contributed by atoms with van der Waals surface area (Å²) < 4.78 is 5.74. The lowest BCUT2D eigenvalue weighted by Gasteiger charge is -2.20. The average Bonchev–Trinajstić information content (AvgIpc) is 3.24. The number of carbonyl (C=O) groups excluding carboxylic acids is 1. The van der Waals surface area contributed by atoms with Gasteiger partial charge in [-0.15, -0.1) is 0 Å². The third-order valence-corrected chi connectivity index (χ3v) is 5.28. The van der Waals surface area contributed by atoms with Gasteiger partial charge in [0.05, 0.1) is 11.2 Å². The predicted octanol–water partition coefficient (Wildman–Crippen LogP) is 5.23. The van der Waals surface area contributed by atoms with Crippen molar-refractivity contribution in [2.75, 3.05) is 13.6 Å². The van der Waals surface area contributed by atoms with Crippen LogP contribution in [0.25, 0.3) is 11.3 Å². The van der Waals surface area contributed by atoms with E-state index in [0.717, 1.165) is 12.1 Å². The Kier molecular flexibility index (Phi) is 6.02. The molecule has 6 heteroatoms. The topological polar surface area (TPSA) is 46.3 Å². The molecule has 2 aromatic rings. The van der Waals surface area contributed by atoms with Crippen LogP contribution >= 0.6 is 23.2 Å². The van der Waals surface area contributed by atoms with E-state index in [1.807, 2.05) is 11.9 Å². The van der Waals surface area contributed by atoms with E-state index in [1.165, 1.54) is 25.7 Å². The zero-order valence-electron chi connectivity index (χ0n) is 14.3. The Morgan fingerprint density at radius 1 is 1.32 bits per heavy atom. The Labute approximate surface area is 158 Å². The monoisotopic (exact) mass is 380 g/mol. The fraction of sp³-hybridized carbons (Fsp3) is 0.474. The first kappa shape index (κ1) is 18.3. The largest absolute Gasteiger partial charge is 0.441 e. The summed E-state index contributed by atoms with van der Waals surface area (Å²) in [7, 11) is 1.88. The van der Waals surface area contributed by atoms with E-state index < -0.39 is 0 Å². The number of halogens is 2. The van der Waals surface area contributed by atoms with Crippen LogP contribution in [0, 0.1) is 5.92 Å². The number of benzene rings is 1. The maximum atomic E-state index is 12.3. The molecule has 0 spiro atoms. The molecule has 0 saturated heterocycles. The molecule has 0 bridgehead atoms. The van der Waals surface area contributed by atoms with Crippen molar-refractivity contribution >= 4 is 29.1 Å². The summed E-state index contributed by atoms with van der Waals surface area (Å²) in [5, 5.41) is 1.09. The Bertz CT molecular complexity index is 739. The normalized spacial score (nSPS) is 14.8. The molecule has 1 aliphatic rings. The van der Waals surface area contributed by atoms with Gasteiger partial charge in [-0.3, -0.25) is 4.79 Å². The van der Waals surface area contributed by atoms with Crippen molar-refractivity contribution in [3.05, 3.63) is 40.3 Å². The van der Waals surface area contributed by atoms with E-state index in [-0.39, 0.29) is 5.91 Å². The van der Waals surface area contributed by atoms with E-state index in [4.69, 9.17) is 27.6 Å². The van der Waals surface area contributed by atoms with Crippen molar-refractivity contribution in [3.63, 3.8) is 0 Å². The van der Waals surface area contributed by atoms with Gasteiger partial charge in [-0.2, -0.15) is 0 Å². The van der Waals surface area contributed by atoms with E-state index in [9.17, 15) is 4.79 Å². The minimum absolute atomic E-state index is 0.135. The third kappa shape index (κ3) is 4.77. The molecule has 3 rings (SSSR count). The number of oxazole rings is 1. The highest BCUT2D eigenvalue weighted by atomic mass is 35.5. The maximum absolute atomic E-state index is 12.3. The van der Waals surface area contributed by atoms with Gasteiger partial charge in [-0.05, 0) is 37.0 Å². The number of carbonyl (C=O) groups is 1. The lowest BCUT2D eigenvalue weighted by Crippen LogP contribution is -2.31. The number of aromatic nitrogens is 1. The molecule has 1 fully saturated rings. The second-order valence-electron chi connectivity index (χ2n) is 6.67. The van der Waals surface area contributed by atoms with Crippen molar-refractivity contribution in [3.8, 4) is 11.3 Å². The Morgan fingerprint density at radius 3 is 2.80 bits per heavy atom. The molecule has 4 nitrogen and oxygen atoms in total. The summed E-state index contributed by atoms with van der Waals surface area (Å²) in [5.41, 5.74) is 0.745. The minimum atomic E-state index is 0.135. The van der Waals surface area contributed by atoms with Crippen LogP contribution in [0.3, 0.4) is 0 Å². The first-order valence-corrected chi connectivity index (χ1v) is 9.42. The van der Waals surface area contributed by atoms with Crippen LogP contribution < -0.4 is 0 Å². The summed E-state index contributed by atoms with van der Waals surface area (Å²) in [6.07, 6.45) is 7.58. The molecule has 1 aromatic carbocycles. The third-order valence-electron chi connectivity index (χ3n) is 4.74. The predicted molar refractivity (Wildman–Crippen MR) is 99.9 cm³/mol. The maximum Gasteiger partial charge on any atom is 0.222 e. The van der Waals surface area contributed by atoms with Gasteiger partial charge in [0.2, 0.25) is 5.91 Å². The van der Waals surface area contributed by atoms with E-state index in [2.05, 4.69) is 4.98 Å². The molecule has 1 amide bonds. The molecule has 0 atom stereocenters. The van der Waals surface area contributed by atoms with E-state index in [1.54, 1.807) is 24.4 Å². The highest BCUT2D eigenvalue weighted by Crippen LogP contribution is 2.31. The summed E-state index contributed by atoms with van der Waals surface area (Å²) in [6.45, 7) is 0.857. The molecule has 0 unspecified atom stereocenters. The highest BCUT2D eigenvalue weighted by Gasteiger charge is 2.20. The molecular formula is C19H22Cl2N2O2. The summed E-state index contributed by atoms with van der Waals surface area (Å²) in [5.74, 6) is 1.93. The van der Waals surface area contributed by atoms with Crippen molar-refractivity contribution < 1.29 is 9.21 Å². The molecule has 0 aliphatic heterocycles.